The summed E-state index contributed by atoms with van der Waals surface area (Å²) in [5, 5.41) is 0. The molecule has 1 aliphatic heterocycles. The monoisotopic (exact) mass is 263 g/mol. The zero-order chi connectivity index (χ0) is 14.3. The van der Waals surface area contributed by atoms with Gasteiger partial charge in [0.15, 0.2) is 0 Å². The third-order valence-corrected chi connectivity index (χ3v) is 3.55. The van der Waals surface area contributed by atoms with E-state index in [1.807, 2.05) is 27.7 Å². The smallest absolute Gasteiger partial charge is 0.408 e. The molecule has 0 spiro atoms. The SMILES string of the molecule is CC(=O)Oc1ncccc1B1OC(C)(C)C(C)(C)O1. The van der Waals surface area contributed by atoms with Crippen molar-refractivity contribution < 1.29 is 18.8 Å². The number of carbonyl (C=O) groups is 1. The van der Waals surface area contributed by atoms with Gasteiger partial charge in [0.2, 0.25) is 5.88 Å². The number of aromatic nitrogens is 1. The number of esters is 1. The van der Waals surface area contributed by atoms with Gasteiger partial charge in [0, 0.05) is 18.6 Å². The number of rotatable bonds is 2. The van der Waals surface area contributed by atoms with E-state index in [9.17, 15) is 4.79 Å². The topological polar surface area (TPSA) is 57.7 Å². The Bertz CT molecular complexity index is 485. The van der Waals surface area contributed by atoms with Gasteiger partial charge in [-0.15, -0.1) is 0 Å². The molecule has 1 aromatic heterocycles. The normalized spacial score (nSPS) is 20.4. The van der Waals surface area contributed by atoms with E-state index in [1.165, 1.54) is 6.92 Å². The highest BCUT2D eigenvalue weighted by molar-refractivity contribution is 6.63. The van der Waals surface area contributed by atoms with Crippen LogP contribution in [0, 0.1) is 0 Å². The van der Waals surface area contributed by atoms with Crippen molar-refractivity contribution in [3.8, 4) is 5.88 Å². The Labute approximate surface area is 113 Å². The number of hydrogen-bond acceptors (Lipinski definition) is 5. The third kappa shape index (κ3) is 2.64. The Hall–Kier alpha value is -1.40. The molecule has 0 N–H and O–H groups in total. The Kier molecular flexibility index (Phi) is 3.41. The standard InChI is InChI=1S/C13H18BNO4/c1-9(16)17-11-10(7-6-8-15-11)14-18-12(2,3)13(4,5)19-14/h6-8H,1-5H3. The van der Waals surface area contributed by atoms with Crippen LogP contribution in [0.25, 0.3) is 0 Å². The minimum Gasteiger partial charge on any atom is -0.408 e. The van der Waals surface area contributed by atoms with Crippen LogP contribution < -0.4 is 10.2 Å². The van der Waals surface area contributed by atoms with Gasteiger partial charge in [-0.05, 0) is 33.8 Å². The highest BCUT2D eigenvalue weighted by Crippen LogP contribution is 2.36. The highest BCUT2D eigenvalue weighted by Gasteiger charge is 2.52. The Morgan fingerprint density at radius 3 is 2.37 bits per heavy atom. The molecule has 0 radical (unpaired) electrons. The maximum atomic E-state index is 11.1. The molecule has 2 heterocycles. The number of carbonyl (C=O) groups excluding carboxylic acids is 1. The number of ether oxygens (including phenoxy) is 1. The van der Waals surface area contributed by atoms with E-state index in [2.05, 4.69) is 4.98 Å². The first-order chi connectivity index (χ1) is 8.73. The van der Waals surface area contributed by atoms with Gasteiger partial charge in [-0.2, -0.15) is 0 Å². The van der Waals surface area contributed by atoms with Gasteiger partial charge < -0.3 is 14.0 Å². The molecule has 0 atom stereocenters. The van der Waals surface area contributed by atoms with Gasteiger partial charge in [0.05, 0.1) is 11.2 Å². The quantitative estimate of drug-likeness (QED) is 0.594. The molecule has 19 heavy (non-hydrogen) atoms. The van der Waals surface area contributed by atoms with Crippen molar-refractivity contribution in [3.05, 3.63) is 18.3 Å². The fourth-order valence-electron chi connectivity index (χ4n) is 1.77. The molecule has 5 nitrogen and oxygen atoms in total. The van der Waals surface area contributed by atoms with Crippen molar-refractivity contribution in [3.63, 3.8) is 0 Å². The summed E-state index contributed by atoms with van der Waals surface area (Å²) in [6.45, 7) is 9.20. The molecule has 2 rings (SSSR count). The second kappa shape index (κ2) is 4.61. The first-order valence-electron chi connectivity index (χ1n) is 6.22. The van der Waals surface area contributed by atoms with E-state index in [4.69, 9.17) is 14.0 Å². The average Bonchev–Trinajstić information content (AvgIpc) is 2.48. The Morgan fingerprint density at radius 2 is 1.84 bits per heavy atom. The lowest BCUT2D eigenvalue weighted by atomic mass is 9.80. The van der Waals surface area contributed by atoms with Crippen LogP contribution in [0.4, 0.5) is 0 Å². The van der Waals surface area contributed by atoms with Crippen LogP contribution in [0.5, 0.6) is 5.88 Å². The molecule has 0 aliphatic carbocycles. The molecule has 0 bridgehead atoms. The summed E-state index contributed by atoms with van der Waals surface area (Å²) >= 11 is 0. The average molecular weight is 263 g/mol. The molecule has 1 fully saturated rings. The van der Waals surface area contributed by atoms with Crippen LogP contribution in [0.1, 0.15) is 34.6 Å². The van der Waals surface area contributed by atoms with Crippen molar-refractivity contribution >= 4 is 18.6 Å². The Morgan fingerprint density at radius 1 is 1.26 bits per heavy atom. The lowest BCUT2D eigenvalue weighted by Crippen LogP contribution is -2.41. The predicted molar refractivity (Wildman–Crippen MR) is 71.3 cm³/mol. The van der Waals surface area contributed by atoms with Crippen molar-refractivity contribution in [2.45, 2.75) is 45.8 Å². The van der Waals surface area contributed by atoms with Gasteiger partial charge in [0.1, 0.15) is 0 Å². The summed E-state index contributed by atoms with van der Waals surface area (Å²) in [7, 11) is -0.590. The maximum Gasteiger partial charge on any atom is 0.500 e. The van der Waals surface area contributed by atoms with Crippen LogP contribution in [0.2, 0.25) is 0 Å². The zero-order valence-corrected chi connectivity index (χ0v) is 11.9. The van der Waals surface area contributed by atoms with Crippen molar-refractivity contribution in [1.82, 2.24) is 4.98 Å². The molecular formula is C13H18BNO4. The summed E-state index contributed by atoms with van der Waals surface area (Å²) in [5.74, 6) is -0.190. The highest BCUT2D eigenvalue weighted by atomic mass is 16.7. The summed E-state index contributed by atoms with van der Waals surface area (Å²) < 4.78 is 16.9. The molecule has 6 heteroatoms. The zero-order valence-electron chi connectivity index (χ0n) is 11.9. The van der Waals surface area contributed by atoms with Gasteiger partial charge in [0.25, 0.3) is 0 Å². The molecule has 1 saturated heterocycles. The molecule has 0 amide bonds. The van der Waals surface area contributed by atoms with Gasteiger partial charge >= 0.3 is 13.1 Å². The third-order valence-electron chi connectivity index (χ3n) is 3.55. The van der Waals surface area contributed by atoms with Gasteiger partial charge in [-0.25, -0.2) is 4.98 Å². The molecular weight excluding hydrogens is 245 g/mol. The predicted octanol–water partition coefficient (Wildman–Crippen LogP) is 1.31. The van der Waals surface area contributed by atoms with E-state index >= 15 is 0 Å². The van der Waals surface area contributed by atoms with E-state index in [0.29, 0.717) is 5.46 Å². The van der Waals surface area contributed by atoms with Crippen LogP contribution in [-0.2, 0) is 14.1 Å². The second-order valence-electron chi connectivity index (χ2n) is 5.58. The lowest BCUT2D eigenvalue weighted by Gasteiger charge is -2.32. The molecule has 1 aromatic rings. The van der Waals surface area contributed by atoms with E-state index in [0.717, 1.165) is 0 Å². The largest absolute Gasteiger partial charge is 0.500 e. The lowest BCUT2D eigenvalue weighted by molar-refractivity contribution is -0.132. The van der Waals surface area contributed by atoms with Gasteiger partial charge in [-0.3, -0.25) is 4.79 Å². The minimum absolute atomic E-state index is 0.230. The molecule has 0 saturated carbocycles. The van der Waals surface area contributed by atoms with Crippen LogP contribution in [0.15, 0.2) is 18.3 Å². The molecule has 1 aliphatic rings. The first-order valence-corrected chi connectivity index (χ1v) is 6.22. The summed E-state index contributed by atoms with van der Waals surface area (Å²) in [5.41, 5.74) is -0.265. The van der Waals surface area contributed by atoms with Crippen molar-refractivity contribution in [2.24, 2.45) is 0 Å². The number of hydrogen-bond donors (Lipinski definition) is 0. The van der Waals surface area contributed by atoms with E-state index < -0.39 is 24.3 Å². The minimum atomic E-state index is -0.590. The fraction of sp³-hybridized carbons (Fsp3) is 0.538. The maximum absolute atomic E-state index is 11.1. The van der Waals surface area contributed by atoms with Crippen LogP contribution in [0.3, 0.4) is 0 Å². The van der Waals surface area contributed by atoms with E-state index in [-0.39, 0.29) is 5.88 Å². The van der Waals surface area contributed by atoms with Crippen LogP contribution in [-0.4, -0.2) is 29.3 Å². The molecule has 102 valence electrons. The van der Waals surface area contributed by atoms with Crippen LogP contribution >= 0.6 is 0 Å². The fourth-order valence-corrected chi connectivity index (χ4v) is 1.77. The molecule has 0 unspecified atom stereocenters. The van der Waals surface area contributed by atoms with Crippen molar-refractivity contribution in [1.29, 1.82) is 0 Å². The number of nitrogens with zero attached hydrogens (tertiary/aromatic N) is 1. The summed E-state index contributed by atoms with van der Waals surface area (Å²) in [6.07, 6.45) is 1.56. The van der Waals surface area contributed by atoms with Crippen molar-refractivity contribution in [2.75, 3.05) is 0 Å². The second-order valence-corrected chi connectivity index (χ2v) is 5.58. The number of pyridine rings is 1. The van der Waals surface area contributed by atoms with Gasteiger partial charge in [-0.1, -0.05) is 6.07 Å². The summed E-state index contributed by atoms with van der Waals surface area (Å²) in [6, 6.07) is 3.54. The molecule has 0 aromatic carbocycles. The summed E-state index contributed by atoms with van der Waals surface area (Å²) in [4.78, 5) is 15.1. The first kappa shape index (κ1) is 14.0. The van der Waals surface area contributed by atoms with E-state index in [1.54, 1.807) is 18.3 Å². The Balaban J connectivity index is 2.32.